The van der Waals surface area contributed by atoms with Crippen molar-refractivity contribution in [3.63, 3.8) is 0 Å². The minimum Gasteiger partial charge on any atom is -0.497 e. The highest BCUT2D eigenvalue weighted by Gasteiger charge is 2.27. The van der Waals surface area contributed by atoms with Crippen LogP contribution in [0.2, 0.25) is 0 Å². The number of benzene rings is 3. The van der Waals surface area contributed by atoms with Gasteiger partial charge >= 0.3 is 6.03 Å². The number of anilines is 1. The fourth-order valence-corrected chi connectivity index (χ4v) is 4.50. The monoisotopic (exact) mass is 486 g/mol. The van der Waals surface area contributed by atoms with Gasteiger partial charge in [0.2, 0.25) is 0 Å². The Morgan fingerprint density at radius 3 is 2.64 bits per heavy atom. The third-order valence-electron chi connectivity index (χ3n) is 6.42. The van der Waals surface area contributed by atoms with Gasteiger partial charge in [0.1, 0.15) is 28.8 Å². The zero-order chi connectivity index (χ0) is 25.1. The maximum Gasteiger partial charge on any atom is 0.322 e. The van der Waals surface area contributed by atoms with Crippen LogP contribution >= 0.6 is 0 Å². The highest BCUT2D eigenvalue weighted by Crippen LogP contribution is 2.40. The Kier molecular flexibility index (Phi) is 6.66. The number of amidine groups is 1. The fraction of sp³-hybridized carbons (Fsp3) is 0.286. The second-order valence-electron chi connectivity index (χ2n) is 8.83. The number of fused-ring (bicyclic) bond motifs is 2. The number of carbonyl (C=O) groups excluding carboxylic acids is 1. The zero-order valence-electron chi connectivity index (χ0n) is 20.8. The van der Waals surface area contributed by atoms with E-state index in [1.54, 1.807) is 14.2 Å². The van der Waals surface area contributed by atoms with Gasteiger partial charge in [-0.3, -0.25) is 0 Å². The SMILES string of the molecule is COc1ccc2c(c1)Oc1cc(C)ccc1N=C2N1CCCN(C(=O)Nc2ccccc2OC)CC1. The first-order valence-corrected chi connectivity index (χ1v) is 12.0. The van der Waals surface area contributed by atoms with Crippen LogP contribution in [0, 0.1) is 6.92 Å². The van der Waals surface area contributed by atoms with E-state index in [1.807, 2.05) is 72.5 Å². The molecule has 186 valence electrons. The number of amides is 2. The lowest BCUT2D eigenvalue weighted by molar-refractivity contribution is 0.214. The average molecular weight is 487 g/mol. The standard InChI is InChI=1S/C28H30N4O4/c1-19-9-12-23-26(17-19)36-25-18-20(34-2)10-11-21(25)27(29-23)31-13-6-14-32(16-15-31)28(33)30-22-7-4-5-8-24(22)35-3/h4-5,7-12,17-18H,6,13-16H2,1-3H3,(H,30,33). The van der Waals surface area contributed by atoms with Crippen molar-refractivity contribution in [2.75, 3.05) is 45.7 Å². The second kappa shape index (κ2) is 10.2. The largest absolute Gasteiger partial charge is 0.497 e. The molecule has 0 radical (unpaired) electrons. The Hall–Kier alpha value is -4.20. The smallest absolute Gasteiger partial charge is 0.322 e. The molecule has 2 heterocycles. The zero-order valence-corrected chi connectivity index (χ0v) is 20.8. The Labute approximate surface area is 211 Å². The van der Waals surface area contributed by atoms with E-state index in [-0.39, 0.29) is 6.03 Å². The number of para-hydroxylation sites is 2. The van der Waals surface area contributed by atoms with Crippen molar-refractivity contribution >= 4 is 23.2 Å². The molecule has 0 bridgehead atoms. The van der Waals surface area contributed by atoms with Crippen LogP contribution in [-0.4, -0.2) is 62.1 Å². The number of aliphatic imine (C=N–C) groups is 1. The lowest BCUT2D eigenvalue weighted by Crippen LogP contribution is -2.39. The number of methoxy groups -OCH3 is 2. The van der Waals surface area contributed by atoms with Crippen molar-refractivity contribution in [3.8, 4) is 23.0 Å². The molecule has 0 spiro atoms. The van der Waals surface area contributed by atoms with Crippen LogP contribution in [0.25, 0.3) is 0 Å². The molecule has 2 amide bonds. The molecule has 8 heteroatoms. The third-order valence-corrected chi connectivity index (χ3v) is 6.42. The van der Waals surface area contributed by atoms with Gasteiger partial charge in [0.05, 0.1) is 25.5 Å². The lowest BCUT2D eigenvalue weighted by Gasteiger charge is -2.25. The van der Waals surface area contributed by atoms with Crippen molar-refractivity contribution in [1.82, 2.24) is 9.80 Å². The van der Waals surface area contributed by atoms with Crippen LogP contribution < -0.4 is 19.5 Å². The van der Waals surface area contributed by atoms with E-state index >= 15 is 0 Å². The predicted molar refractivity (Wildman–Crippen MR) is 140 cm³/mol. The Morgan fingerprint density at radius 1 is 0.944 bits per heavy atom. The van der Waals surface area contributed by atoms with Crippen LogP contribution in [0.5, 0.6) is 23.0 Å². The number of aryl methyl sites for hydroxylation is 1. The van der Waals surface area contributed by atoms with Crippen LogP contribution in [0.15, 0.2) is 65.7 Å². The summed E-state index contributed by atoms with van der Waals surface area (Å²) >= 11 is 0. The summed E-state index contributed by atoms with van der Waals surface area (Å²) in [6.07, 6.45) is 0.811. The van der Waals surface area contributed by atoms with Gasteiger partial charge in [-0.15, -0.1) is 0 Å². The summed E-state index contributed by atoms with van der Waals surface area (Å²) < 4.78 is 17.1. The molecule has 5 rings (SSSR count). The van der Waals surface area contributed by atoms with Crippen LogP contribution in [-0.2, 0) is 0 Å². The molecule has 8 nitrogen and oxygen atoms in total. The van der Waals surface area contributed by atoms with Crippen LogP contribution in [0.1, 0.15) is 17.5 Å². The average Bonchev–Trinajstić information content (AvgIpc) is 3.23. The summed E-state index contributed by atoms with van der Waals surface area (Å²) in [6.45, 7) is 4.65. The molecule has 0 unspecified atom stereocenters. The lowest BCUT2D eigenvalue weighted by atomic mass is 10.1. The summed E-state index contributed by atoms with van der Waals surface area (Å²) in [7, 11) is 3.24. The number of nitrogens with zero attached hydrogens (tertiary/aromatic N) is 3. The van der Waals surface area contributed by atoms with Crippen LogP contribution in [0.3, 0.4) is 0 Å². The van der Waals surface area contributed by atoms with E-state index in [9.17, 15) is 4.79 Å². The van der Waals surface area contributed by atoms with Crippen molar-refractivity contribution in [3.05, 3.63) is 71.8 Å². The maximum absolute atomic E-state index is 13.1. The van der Waals surface area contributed by atoms with Gasteiger partial charge < -0.3 is 29.3 Å². The topological polar surface area (TPSA) is 75.6 Å². The van der Waals surface area contributed by atoms with Gasteiger partial charge in [-0.1, -0.05) is 18.2 Å². The molecule has 0 atom stereocenters. The molecule has 0 aromatic heterocycles. The van der Waals surface area contributed by atoms with Crippen molar-refractivity contribution in [2.24, 2.45) is 4.99 Å². The van der Waals surface area contributed by atoms with E-state index in [1.165, 1.54) is 0 Å². The van der Waals surface area contributed by atoms with Crippen molar-refractivity contribution in [2.45, 2.75) is 13.3 Å². The Morgan fingerprint density at radius 2 is 1.81 bits per heavy atom. The fourth-order valence-electron chi connectivity index (χ4n) is 4.50. The van der Waals surface area contributed by atoms with Gasteiger partial charge in [-0.25, -0.2) is 9.79 Å². The van der Waals surface area contributed by atoms with E-state index in [2.05, 4.69) is 10.2 Å². The first-order chi connectivity index (χ1) is 17.6. The number of hydrogen-bond acceptors (Lipinski definition) is 6. The summed E-state index contributed by atoms with van der Waals surface area (Å²) in [6, 6.07) is 19.1. The first kappa shape index (κ1) is 23.5. The van der Waals surface area contributed by atoms with E-state index < -0.39 is 0 Å². The predicted octanol–water partition coefficient (Wildman–Crippen LogP) is 5.44. The first-order valence-electron chi connectivity index (χ1n) is 12.0. The number of ether oxygens (including phenoxy) is 3. The van der Waals surface area contributed by atoms with Crippen LogP contribution in [0.4, 0.5) is 16.2 Å². The molecule has 1 fully saturated rings. The molecular formula is C28H30N4O4. The van der Waals surface area contributed by atoms with E-state index in [4.69, 9.17) is 19.2 Å². The number of rotatable bonds is 3. The minimum atomic E-state index is -0.140. The number of urea groups is 1. The highest BCUT2D eigenvalue weighted by atomic mass is 16.5. The molecule has 3 aromatic rings. The third kappa shape index (κ3) is 4.79. The van der Waals surface area contributed by atoms with Crippen molar-refractivity contribution in [1.29, 1.82) is 0 Å². The summed E-state index contributed by atoms with van der Waals surface area (Å²) in [5, 5.41) is 2.99. The molecule has 1 N–H and O–H groups in total. The molecule has 3 aromatic carbocycles. The molecule has 0 saturated carbocycles. The van der Waals surface area contributed by atoms with E-state index in [0.717, 1.165) is 41.4 Å². The van der Waals surface area contributed by atoms with Gasteiger partial charge in [0, 0.05) is 32.2 Å². The quantitative estimate of drug-likeness (QED) is 0.534. The highest BCUT2D eigenvalue weighted by molar-refractivity contribution is 6.04. The normalized spacial score (nSPS) is 14.9. The molecule has 0 aliphatic carbocycles. The van der Waals surface area contributed by atoms with Gasteiger partial charge in [0.15, 0.2) is 5.75 Å². The molecule has 2 aliphatic heterocycles. The Balaban J connectivity index is 1.40. The number of carbonyl (C=O) groups is 1. The second-order valence-corrected chi connectivity index (χ2v) is 8.83. The minimum absolute atomic E-state index is 0.140. The molecule has 2 aliphatic rings. The number of hydrogen-bond donors (Lipinski definition) is 1. The summed E-state index contributed by atoms with van der Waals surface area (Å²) in [5.41, 5.74) is 3.44. The van der Waals surface area contributed by atoms with Crippen molar-refractivity contribution < 1.29 is 19.0 Å². The maximum atomic E-state index is 13.1. The summed E-state index contributed by atoms with van der Waals surface area (Å²) in [4.78, 5) is 22.2. The Bertz CT molecular complexity index is 1310. The number of nitrogens with one attached hydrogen (secondary N) is 1. The van der Waals surface area contributed by atoms with Gasteiger partial charge in [-0.2, -0.15) is 0 Å². The molecule has 1 saturated heterocycles. The van der Waals surface area contributed by atoms with E-state index in [0.29, 0.717) is 42.6 Å². The molecular weight excluding hydrogens is 456 g/mol. The summed E-state index contributed by atoms with van der Waals surface area (Å²) in [5.74, 6) is 3.61. The molecule has 36 heavy (non-hydrogen) atoms. The van der Waals surface area contributed by atoms with Gasteiger partial charge in [0.25, 0.3) is 0 Å². The van der Waals surface area contributed by atoms with Gasteiger partial charge in [-0.05, 0) is 55.3 Å².